The molecule has 0 unspecified atom stereocenters. The quantitative estimate of drug-likeness (QED) is 0.325. The Morgan fingerprint density at radius 3 is 1.93 bits per heavy atom. The van der Waals surface area contributed by atoms with E-state index >= 15 is 0 Å². The summed E-state index contributed by atoms with van der Waals surface area (Å²) in [6.07, 6.45) is 5.20. The number of anilines is 2. The normalized spacial score (nSPS) is 10.6. The van der Waals surface area contributed by atoms with Gasteiger partial charge >= 0.3 is 0 Å². The van der Waals surface area contributed by atoms with E-state index in [2.05, 4.69) is 95.5 Å². The fraction of sp³-hybridized carbons (Fsp3) is 0.148. The van der Waals surface area contributed by atoms with Crippen LogP contribution in [0.2, 0.25) is 0 Å². The first-order valence-corrected chi connectivity index (χ1v) is 10.4. The van der Waals surface area contributed by atoms with Gasteiger partial charge in [0.25, 0.3) is 0 Å². The predicted octanol–water partition coefficient (Wildman–Crippen LogP) is 6.30. The number of hydrogen-bond acceptors (Lipinski definition) is 2. The van der Waals surface area contributed by atoms with Crippen molar-refractivity contribution in [1.82, 2.24) is 0 Å². The SMILES string of the molecule is Cc1cccc(Oc2cc[n+](CCCN(c3ccccc3)c3ccccc3)cc2)c1. The Labute approximate surface area is 178 Å². The molecule has 1 aromatic heterocycles. The van der Waals surface area contributed by atoms with Gasteiger partial charge in [-0.15, -0.1) is 0 Å². The van der Waals surface area contributed by atoms with Crippen LogP contribution in [-0.2, 0) is 6.54 Å². The summed E-state index contributed by atoms with van der Waals surface area (Å²) < 4.78 is 8.16. The molecule has 3 aromatic carbocycles. The molecule has 4 aromatic rings. The van der Waals surface area contributed by atoms with Gasteiger partial charge < -0.3 is 9.64 Å². The van der Waals surface area contributed by atoms with Crippen LogP contribution in [0.4, 0.5) is 11.4 Å². The van der Waals surface area contributed by atoms with Gasteiger partial charge in [0.15, 0.2) is 12.4 Å². The fourth-order valence-corrected chi connectivity index (χ4v) is 3.51. The van der Waals surface area contributed by atoms with Gasteiger partial charge in [0.05, 0.1) is 0 Å². The van der Waals surface area contributed by atoms with E-state index in [0.29, 0.717) is 0 Å². The molecule has 0 saturated carbocycles. The Morgan fingerprint density at radius 2 is 1.33 bits per heavy atom. The van der Waals surface area contributed by atoms with E-state index in [1.165, 1.54) is 16.9 Å². The maximum Gasteiger partial charge on any atom is 0.172 e. The first-order chi connectivity index (χ1) is 14.8. The Kier molecular flexibility index (Phi) is 6.41. The third kappa shape index (κ3) is 5.26. The summed E-state index contributed by atoms with van der Waals surface area (Å²) in [4.78, 5) is 2.37. The smallest absolute Gasteiger partial charge is 0.172 e. The molecule has 4 rings (SSSR count). The fourth-order valence-electron chi connectivity index (χ4n) is 3.51. The molecule has 0 spiro atoms. The van der Waals surface area contributed by atoms with Gasteiger partial charge in [0.2, 0.25) is 0 Å². The van der Waals surface area contributed by atoms with Crippen molar-refractivity contribution in [3.63, 3.8) is 0 Å². The van der Waals surface area contributed by atoms with Crippen LogP contribution in [0.3, 0.4) is 0 Å². The lowest BCUT2D eigenvalue weighted by Crippen LogP contribution is -2.34. The molecule has 0 atom stereocenters. The molecule has 0 fully saturated rings. The number of aryl methyl sites for hydroxylation is 2. The van der Waals surface area contributed by atoms with Gasteiger partial charge in [-0.1, -0.05) is 48.5 Å². The molecule has 30 heavy (non-hydrogen) atoms. The maximum absolute atomic E-state index is 5.95. The number of rotatable bonds is 8. The highest BCUT2D eigenvalue weighted by Crippen LogP contribution is 2.25. The molecule has 3 heteroatoms. The average Bonchev–Trinajstić information content (AvgIpc) is 2.79. The Hall–Kier alpha value is -3.59. The van der Waals surface area contributed by atoms with Crippen LogP contribution in [0, 0.1) is 6.92 Å². The minimum Gasteiger partial charge on any atom is -0.457 e. The van der Waals surface area contributed by atoms with E-state index in [4.69, 9.17) is 4.74 Å². The molecule has 150 valence electrons. The molecule has 0 amide bonds. The topological polar surface area (TPSA) is 16.4 Å². The van der Waals surface area contributed by atoms with E-state index < -0.39 is 0 Å². The van der Waals surface area contributed by atoms with E-state index in [-0.39, 0.29) is 0 Å². The van der Waals surface area contributed by atoms with Crippen molar-refractivity contribution < 1.29 is 9.30 Å². The zero-order chi connectivity index (χ0) is 20.6. The van der Waals surface area contributed by atoms with Crippen LogP contribution in [0.5, 0.6) is 11.5 Å². The summed E-state index contributed by atoms with van der Waals surface area (Å²) in [5.41, 5.74) is 3.63. The van der Waals surface area contributed by atoms with Gasteiger partial charge in [-0.05, 0) is 48.9 Å². The standard InChI is InChI=1S/C27H27N2O/c1-23-10-8-15-27(22-23)30-26-16-20-28(21-17-26)18-9-19-29(24-11-4-2-5-12-24)25-13-6-3-7-14-25/h2-8,10-17,20-22H,9,18-19H2,1H3/q+1. The summed E-state index contributed by atoms with van der Waals surface area (Å²) in [6, 6.07) is 33.3. The number of para-hydroxylation sites is 2. The van der Waals surface area contributed by atoms with E-state index in [1.807, 2.05) is 30.3 Å². The van der Waals surface area contributed by atoms with Gasteiger partial charge in [0.1, 0.15) is 18.0 Å². The molecular weight excluding hydrogens is 368 g/mol. The molecule has 0 aliphatic rings. The Balaban J connectivity index is 1.37. The summed E-state index contributed by atoms with van der Waals surface area (Å²) in [7, 11) is 0. The predicted molar refractivity (Wildman–Crippen MR) is 122 cm³/mol. The van der Waals surface area contributed by atoms with Crippen molar-refractivity contribution in [2.75, 3.05) is 11.4 Å². The first-order valence-electron chi connectivity index (χ1n) is 10.4. The van der Waals surface area contributed by atoms with Crippen molar-refractivity contribution in [3.05, 3.63) is 115 Å². The van der Waals surface area contributed by atoms with Crippen molar-refractivity contribution in [1.29, 1.82) is 0 Å². The number of aromatic nitrogens is 1. The molecule has 0 radical (unpaired) electrons. The summed E-state index contributed by atoms with van der Waals surface area (Å²) >= 11 is 0. The average molecular weight is 396 g/mol. The van der Waals surface area contributed by atoms with Crippen LogP contribution >= 0.6 is 0 Å². The molecule has 1 heterocycles. The maximum atomic E-state index is 5.95. The third-order valence-electron chi connectivity index (χ3n) is 5.02. The van der Waals surface area contributed by atoms with Crippen LogP contribution in [0.15, 0.2) is 109 Å². The van der Waals surface area contributed by atoms with Crippen molar-refractivity contribution in [3.8, 4) is 11.5 Å². The third-order valence-corrected chi connectivity index (χ3v) is 5.02. The van der Waals surface area contributed by atoms with E-state index in [1.54, 1.807) is 0 Å². The first kappa shape index (κ1) is 19.7. The number of ether oxygens (including phenoxy) is 1. The van der Waals surface area contributed by atoms with Crippen molar-refractivity contribution in [2.45, 2.75) is 19.9 Å². The number of benzene rings is 3. The molecule has 0 aliphatic heterocycles. The second-order valence-corrected chi connectivity index (χ2v) is 7.37. The minimum absolute atomic E-state index is 0.854. The largest absolute Gasteiger partial charge is 0.457 e. The van der Waals surface area contributed by atoms with Gasteiger partial charge in [0, 0.05) is 36.5 Å². The Bertz CT molecular complexity index is 1010. The molecule has 3 nitrogen and oxygen atoms in total. The molecule has 0 bridgehead atoms. The van der Waals surface area contributed by atoms with Crippen LogP contribution < -0.4 is 14.2 Å². The van der Waals surface area contributed by atoms with E-state index in [9.17, 15) is 0 Å². The second-order valence-electron chi connectivity index (χ2n) is 7.37. The zero-order valence-corrected chi connectivity index (χ0v) is 17.3. The van der Waals surface area contributed by atoms with Crippen LogP contribution in [-0.4, -0.2) is 6.54 Å². The highest BCUT2D eigenvalue weighted by molar-refractivity contribution is 5.62. The lowest BCUT2D eigenvalue weighted by molar-refractivity contribution is -0.697. The van der Waals surface area contributed by atoms with Gasteiger partial charge in [-0.25, -0.2) is 4.57 Å². The lowest BCUT2D eigenvalue weighted by Gasteiger charge is -2.24. The molecule has 0 saturated heterocycles. The number of hydrogen-bond donors (Lipinski definition) is 0. The second kappa shape index (κ2) is 9.75. The van der Waals surface area contributed by atoms with Crippen molar-refractivity contribution in [2.24, 2.45) is 0 Å². The van der Waals surface area contributed by atoms with Crippen LogP contribution in [0.25, 0.3) is 0 Å². The highest BCUT2D eigenvalue weighted by atomic mass is 16.5. The van der Waals surface area contributed by atoms with Crippen LogP contribution in [0.1, 0.15) is 12.0 Å². The molecular formula is C27H27N2O+. The van der Waals surface area contributed by atoms with Gasteiger partial charge in [-0.3, -0.25) is 0 Å². The summed E-state index contributed by atoms with van der Waals surface area (Å²) in [6.45, 7) is 3.96. The summed E-state index contributed by atoms with van der Waals surface area (Å²) in [5, 5.41) is 0. The Morgan fingerprint density at radius 1 is 0.700 bits per heavy atom. The summed E-state index contributed by atoms with van der Waals surface area (Å²) in [5.74, 6) is 1.72. The molecule has 0 aliphatic carbocycles. The van der Waals surface area contributed by atoms with Gasteiger partial charge in [-0.2, -0.15) is 0 Å². The van der Waals surface area contributed by atoms with E-state index in [0.717, 1.165) is 31.0 Å². The number of nitrogens with zero attached hydrogens (tertiary/aromatic N) is 2. The number of pyridine rings is 1. The molecule has 0 N–H and O–H groups in total. The minimum atomic E-state index is 0.854. The lowest BCUT2D eigenvalue weighted by atomic mass is 10.2. The zero-order valence-electron chi connectivity index (χ0n) is 17.3. The van der Waals surface area contributed by atoms with Crippen molar-refractivity contribution >= 4 is 11.4 Å². The highest BCUT2D eigenvalue weighted by Gasteiger charge is 2.10. The monoisotopic (exact) mass is 395 g/mol.